The molecule has 1 aromatic carbocycles. The third kappa shape index (κ3) is 5.01. The van der Waals surface area contributed by atoms with E-state index in [9.17, 15) is 19.6 Å². The first-order chi connectivity index (χ1) is 17.1. The fraction of sp³-hybridized carbons (Fsp3) is 0.348. The number of esters is 1. The van der Waals surface area contributed by atoms with Crippen molar-refractivity contribution < 1.29 is 19.1 Å². The third-order valence-corrected chi connectivity index (χ3v) is 5.67. The van der Waals surface area contributed by atoms with Crippen LogP contribution in [0.15, 0.2) is 36.7 Å². The van der Waals surface area contributed by atoms with Crippen molar-refractivity contribution >= 4 is 29.1 Å². The fourth-order valence-electron chi connectivity index (χ4n) is 3.95. The minimum Gasteiger partial charge on any atom is -0.461 e. The van der Waals surface area contributed by atoms with E-state index in [4.69, 9.17) is 10.5 Å². The first kappa shape index (κ1) is 23.9. The number of ether oxygens (including phenoxy) is 1. The lowest BCUT2D eigenvalue weighted by Gasteiger charge is -2.32. The van der Waals surface area contributed by atoms with E-state index in [1.807, 2.05) is 0 Å². The van der Waals surface area contributed by atoms with Crippen LogP contribution in [-0.4, -0.2) is 80.4 Å². The number of aldehydes is 1. The van der Waals surface area contributed by atoms with Crippen LogP contribution in [0.25, 0.3) is 16.6 Å². The second-order valence-electron chi connectivity index (χ2n) is 7.89. The maximum absolute atomic E-state index is 13.5. The van der Waals surface area contributed by atoms with Gasteiger partial charge >= 0.3 is 5.97 Å². The molecule has 1 aliphatic rings. The van der Waals surface area contributed by atoms with E-state index in [2.05, 4.69) is 21.4 Å². The number of benzene rings is 1. The maximum atomic E-state index is 13.5. The Morgan fingerprint density at radius 3 is 2.97 bits per heavy atom. The molecule has 1 saturated heterocycles. The summed E-state index contributed by atoms with van der Waals surface area (Å²) < 4.78 is 6.50. The summed E-state index contributed by atoms with van der Waals surface area (Å²) in [7, 11) is 0. The molecule has 0 saturated carbocycles. The molecule has 4 rings (SSSR count). The molecule has 1 atom stereocenters. The number of nitrogens with two attached hydrogens (primary N) is 1. The highest BCUT2D eigenvalue weighted by Gasteiger charge is 2.33. The predicted molar refractivity (Wildman–Crippen MR) is 123 cm³/mol. The zero-order valence-electron chi connectivity index (χ0n) is 18.9. The van der Waals surface area contributed by atoms with Gasteiger partial charge in [-0.3, -0.25) is 14.8 Å². The molecule has 2 N–H and O–H groups in total. The molecule has 1 aliphatic heterocycles. The van der Waals surface area contributed by atoms with Crippen molar-refractivity contribution in [2.45, 2.75) is 25.3 Å². The van der Waals surface area contributed by atoms with Gasteiger partial charge in [-0.05, 0) is 50.1 Å². The average molecular weight is 476 g/mol. The number of aromatic nitrogens is 4. The van der Waals surface area contributed by atoms with Crippen molar-refractivity contribution in [1.29, 1.82) is 5.26 Å². The lowest BCUT2D eigenvalue weighted by atomic mass is 10.1. The quantitative estimate of drug-likeness (QED) is 0.266. The van der Waals surface area contributed by atoms with Crippen molar-refractivity contribution in [3.05, 3.63) is 47.9 Å². The summed E-state index contributed by atoms with van der Waals surface area (Å²) in [6.45, 7) is 0.941. The molecule has 1 fully saturated rings. The van der Waals surface area contributed by atoms with Crippen LogP contribution in [0, 0.1) is 11.3 Å². The smallest absolute Gasteiger partial charge is 0.360 e. The average Bonchev–Trinajstić information content (AvgIpc) is 3.56. The van der Waals surface area contributed by atoms with Crippen LogP contribution in [0.2, 0.25) is 0 Å². The molecule has 0 bridgehead atoms. The monoisotopic (exact) mass is 476 g/mol. The van der Waals surface area contributed by atoms with E-state index >= 15 is 0 Å². The Balaban J connectivity index is 1.66. The molecule has 0 spiro atoms. The Morgan fingerprint density at radius 2 is 2.20 bits per heavy atom. The Labute approximate surface area is 200 Å². The number of hydrazine groups is 1. The van der Waals surface area contributed by atoms with Gasteiger partial charge in [0.25, 0.3) is 5.91 Å². The summed E-state index contributed by atoms with van der Waals surface area (Å²) in [5, 5.41) is 20.8. The van der Waals surface area contributed by atoms with Crippen LogP contribution in [0.5, 0.6) is 0 Å². The highest BCUT2D eigenvalue weighted by Crippen LogP contribution is 2.25. The summed E-state index contributed by atoms with van der Waals surface area (Å²) in [5.74, 6) is -1.02. The van der Waals surface area contributed by atoms with E-state index in [0.29, 0.717) is 54.4 Å². The fourth-order valence-corrected chi connectivity index (χ4v) is 3.95. The topological polar surface area (TPSA) is 160 Å². The molecular formula is C23H24N8O4. The molecule has 180 valence electrons. The molecule has 12 heteroatoms. The molecule has 3 aromatic rings. The molecule has 2 aromatic heterocycles. The van der Waals surface area contributed by atoms with E-state index in [1.54, 1.807) is 29.3 Å². The van der Waals surface area contributed by atoms with Gasteiger partial charge < -0.3 is 15.3 Å². The molecule has 0 radical (unpaired) electrons. The van der Waals surface area contributed by atoms with Crippen molar-refractivity contribution in [3.63, 3.8) is 0 Å². The lowest BCUT2D eigenvalue weighted by Crippen LogP contribution is -2.49. The standard InChI is InChI=1S/C23H24N8O4/c24-7-2-12-35-23(34)21-15-29(28-27-21)16-4-5-20-19(13-16)18(6-8-26-20)22(33)31(10-11-32)30-9-1-3-17(30)14-25/h4-6,8,11,13,15,17H,1-3,7,9-10,12,24H2. The number of rotatable bonds is 9. The number of carbonyl (C=O) groups excluding carboxylic acids is 3. The number of carbonyl (C=O) groups is 3. The highest BCUT2D eigenvalue weighted by molar-refractivity contribution is 6.06. The SMILES string of the molecule is N#CC1CCCN1N(CC=O)C(=O)c1ccnc2ccc(-n3cc(C(=O)OCCCN)nn3)cc12. The summed E-state index contributed by atoms with van der Waals surface area (Å²) in [5.41, 5.74) is 6.88. The maximum Gasteiger partial charge on any atom is 0.360 e. The molecular weight excluding hydrogens is 452 g/mol. The molecule has 12 nitrogen and oxygen atoms in total. The second kappa shape index (κ2) is 10.8. The van der Waals surface area contributed by atoms with Gasteiger partial charge in [-0.1, -0.05) is 5.21 Å². The summed E-state index contributed by atoms with van der Waals surface area (Å²) in [4.78, 5) is 41.4. The van der Waals surface area contributed by atoms with Gasteiger partial charge in [-0.15, -0.1) is 5.10 Å². The number of hydrogen-bond acceptors (Lipinski definition) is 10. The predicted octanol–water partition coefficient (Wildman–Crippen LogP) is 0.865. The van der Waals surface area contributed by atoms with Gasteiger partial charge in [-0.25, -0.2) is 14.5 Å². The van der Waals surface area contributed by atoms with Crippen LogP contribution in [0.3, 0.4) is 0 Å². The molecule has 1 amide bonds. The van der Waals surface area contributed by atoms with Gasteiger partial charge in [0.05, 0.1) is 42.2 Å². The molecule has 0 aliphatic carbocycles. The van der Waals surface area contributed by atoms with Gasteiger partial charge in [0.1, 0.15) is 12.3 Å². The Morgan fingerprint density at radius 1 is 1.34 bits per heavy atom. The van der Waals surface area contributed by atoms with E-state index in [-0.39, 0.29) is 18.8 Å². The summed E-state index contributed by atoms with van der Waals surface area (Å²) >= 11 is 0. The molecule has 35 heavy (non-hydrogen) atoms. The van der Waals surface area contributed by atoms with Crippen molar-refractivity contribution in [1.82, 2.24) is 30.0 Å². The van der Waals surface area contributed by atoms with Crippen LogP contribution < -0.4 is 5.73 Å². The summed E-state index contributed by atoms with van der Waals surface area (Å²) in [6.07, 6.45) is 5.52. The highest BCUT2D eigenvalue weighted by atomic mass is 16.5. The number of fused-ring (bicyclic) bond motifs is 1. The van der Waals surface area contributed by atoms with Crippen molar-refractivity contribution in [2.75, 3.05) is 26.2 Å². The lowest BCUT2D eigenvalue weighted by molar-refractivity contribution is -0.112. The molecule has 1 unspecified atom stereocenters. The minimum atomic E-state index is -0.606. The third-order valence-electron chi connectivity index (χ3n) is 5.67. The van der Waals surface area contributed by atoms with Gasteiger partial charge in [-0.2, -0.15) is 5.26 Å². The number of nitrogens with zero attached hydrogens (tertiary/aromatic N) is 7. The Bertz CT molecular complexity index is 1280. The number of pyridine rings is 1. The van der Waals surface area contributed by atoms with E-state index < -0.39 is 17.9 Å². The minimum absolute atomic E-state index is 0.0401. The first-order valence-electron chi connectivity index (χ1n) is 11.2. The normalized spacial score (nSPS) is 15.6. The second-order valence-corrected chi connectivity index (χ2v) is 7.89. The van der Waals surface area contributed by atoms with Gasteiger partial charge in [0.2, 0.25) is 0 Å². The Kier molecular flexibility index (Phi) is 7.39. The largest absolute Gasteiger partial charge is 0.461 e. The summed E-state index contributed by atoms with van der Waals surface area (Å²) in [6, 6.07) is 8.46. The van der Waals surface area contributed by atoms with Crippen LogP contribution in [0.4, 0.5) is 0 Å². The van der Waals surface area contributed by atoms with Crippen molar-refractivity contribution in [3.8, 4) is 11.8 Å². The van der Waals surface area contributed by atoms with Crippen LogP contribution >= 0.6 is 0 Å². The van der Waals surface area contributed by atoms with Crippen LogP contribution in [-0.2, 0) is 9.53 Å². The van der Waals surface area contributed by atoms with Gasteiger partial charge in [0, 0.05) is 18.1 Å². The van der Waals surface area contributed by atoms with E-state index in [0.717, 1.165) is 6.42 Å². The van der Waals surface area contributed by atoms with Crippen LogP contribution in [0.1, 0.15) is 40.1 Å². The number of nitriles is 1. The zero-order chi connectivity index (χ0) is 24.8. The molecule has 3 heterocycles. The zero-order valence-corrected chi connectivity index (χ0v) is 18.9. The van der Waals surface area contributed by atoms with E-state index in [1.165, 1.54) is 22.1 Å². The number of hydrogen-bond donors (Lipinski definition) is 1. The number of amides is 1. The van der Waals surface area contributed by atoms with Crippen molar-refractivity contribution in [2.24, 2.45) is 5.73 Å². The Hall–Kier alpha value is -4.21. The van der Waals surface area contributed by atoms with Gasteiger partial charge in [0.15, 0.2) is 5.69 Å². The first-order valence-corrected chi connectivity index (χ1v) is 11.2.